The highest BCUT2D eigenvalue weighted by Crippen LogP contribution is 2.30. The molecule has 3 N–H and O–H groups in total. The second-order valence-electron chi connectivity index (χ2n) is 8.11. The van der Waals surface area contributed by atoms with Crippen LogP contribution in [0.1, 0.15) is 11.3 Å². The number of rotatable bonds is 8. The molecule has 10 heteroatoms. The van der Waals surface area contributed by atoms with Gasteiger partial charge in [-0.2, -0.15) is 5.10 Å². The van der Waals surface area contributed by atoms with Gasteiger partial charge in [0, 0.05) is 44.5 Å². The first kappa shape index (κ1) is 22.4. The smallest absolute Gasteiger partial charge is 0.231 e. The van der Waals surface area contributed by atoms with Crippen LogP contribution in [-0.2, 0) is 0 Å². The molecule has 0 atom stereocenters. The molecule has 0 spiro atoms. The van der Waals surface area contributed by atoms with Crippen LogP contribution in [-0.4, -0.2) is 71.4 Å². The van der Waals surface area contributed by atoms with Crippen molar-refractivity contribution in [3.05, 3.63) is 53.1 Å². The van der Waals surface area contributed by atoms with Crippen molar-refractivity contribution < 1.29 is 4.74 Å². The molecule has 10 nitrogen and oxygen atoms in total. The number of ether oxygens (including phenoxy) is 1. The number of aromatic nitrogens is 4. The summed E-state index contributed by atoms with van der Waals surface area (Å²) in [4.78, 5) is 17.3. The van der Waals surface area contributed by atoms with Gasteiger partial charge in [-0.05, 0) is 44.7 Å². The van der Waals surface area contributed by atoms with Crippen molar-refractivity contribution in [1.82, 2.24) is 25.1 Å². The van der Waals surface area contributed by atoms with E-state index in [-0.39, 0.29) is 0 Å². The maximum Gasteiger partial charge on any atom is 0.231 e. The molecule has 0 aliphatic carbocycles. The first-order valence-corrected chi connectivity index (χ1v) is 11.0. The van der Waals surface area contributed by atoms with E-state index in [1.165, 1.54) is 0 Å². The van der Waals surface area contributed by atoms with Crippen molar-refractivity contribution in [2.45, 2.75) is 13.8 Å². The fraction of sp³-hybridized carbons (Fsp3) is 0.391. The molecule has 0 saturated carbocycles. The van der Waals surface area contributed by atoms with Crippen LogP contribution < -0.4 is 20.3 Å². The molecule has 0 radical (unpaired) electrons. The molecule has 3 aromatic heterocycles. The molecule has 33 heavy (non-hydrogen) atoms. The van der Waals surface area contributed by atoms with E-state index in [1.54, 1.807) is 6.20 Å². The Bertz CT molecular complexity index is 1110. The molecule has 1 saturated heterocycles. The van der Waals surface area contributed by atoms with Gasteiger partial charge in [0.1, 0.15) is 29.8 Å². The fourth-order valence-electron chi connectivity index (χ4n) is 3.63. The Morgan fingerprint density at radius 2 is 1.97 bits per heavy atom. The van der Waals surface area contributed by atoms with Gasteiger partial charge in [0.05, 0.1) is 12.8 Å². The van der Waals surface area contributed by atoms with Gasteiger partial charge in [-0.1, -0.05) is 0 Å². The quantitative estimate of drug-likeness (QED) is 0.357. The van der Waals surface area contributed by atoms with Crippen molar-refractivity contribution in [1.29, 1.82) is 0 Å². The third-order valence-corrected chi connectivity index (χ3v) is 5.47. The van der Waals surface area contributed by atoms with Crippen LogP contribution >= 0.6 is 0 Å². The number of H-pyrrole nitrogens is 1. The molecule has 4 rings (SSSR count). The third-order valence-electron chi connectivity index (χ3n) is 5.47. The van der Waals surface area contributed by atoms with Crippen LogP contribution in [0.15, 0.2) is 30.5 Å². The summed E-state index contributed by atoms with van der Waals surface area (Å²) < 4.78 is 5.83. The summed E-state index contributed by atoms with van der Waals surface area (Å²) in [5.41, 5.74) is 2.28. The highest BCUT2D eigenvalue weighted by atomic mass is 16.5. The van der Waals surface area contributed by atoms with Gasteiger partial charge in [-0.25, -0.2) is 14.8 Å². The maximum atomic E-state index is 7.51. The minimum atomic E-state index is 0.421. The zero-order chi connectivity index (χ0) is 23.2. The van der Waals surface area contributed by atoms with Gasteiger partial charge in [-0.15, -0.1) is 0 Å². The number of aromatic amines is 1. The Morgan fingerprint density at radius 1 is 1.15 bits per heavy atom. The summed E-state index contributed by atoms with van der Waals surface area (Å²) in [5, 5.41) is 13.5. The minimum absolute atomic E-state index is 0.421. The van der Waals surface area contributed by atoms with Crippen LogP contribution in [0.2, 0.25) is 0 Å². The van der Waals surface area contributed by atoms with Crippen molar-refractivity contribution in [3.63, 3.8) is 0 Å². The van der Waals surface area contributed by atoms with Gasteiger partial charge in [-0.3, -0.25) is 5.10 Å². The second kappa shape index (κ2) is 10.2. The molecule has 0 bridgehead atoms. The molecule has 1 aliphatic heterocycles. The highest BCUT2D eigenvalue weighted by Gasteiger charge is 2.15. The average Bonchev–Trinajstić information content (AvgIpc) is 3.22. The predicted molar refractivity (Wildman–Crippen MR) is 130 cm³/mol. The minimum Gasteiger partial charge on any atom is -0.490 e. The maximum absolute atomic E-state index is 7.51. The number of anilines is 4. The monoisotopic (exact) mass is 447 g/mol. The molecule has 4 heterocycles. The normalized spacial score (nSPS) is 14.1. The molecule has 1 aliphatic rings. The van der Waals surface area contributed by atoms with Crippen LogP contribution in [0.25, 0.3) is 4.85 Å². The molecule has 1 fully saturated rings. The van der Waals surface area contributed by atoms with Crippen molar-refractivity contribution in [2.24, 2.45) is 0 Å². The largest absolute Gasteiger partial charge is 0.490 e. The van der Waals surface area contributed by atoms with E-state index in [9.17, 15) is 0 Å². The summed E-state index contributed by atoms with van der Waals surface area (Å²) in [5.74, 6) is 3.52. The molecule has 0 aromatic carbocycles. The third kappa shape index (κ3) is 5.70. The Balaban J connectivity index is 1.32. The number of likely N-dealkylation sites (N-methyl/N-ethyl adjacent to an activating group) is 1. The first-order chi connectivity index (χ1) is 16.0. The summed E-state index contributed by atoms with van der Waals surface area (Å²) in [6.45, 7) is 16.3. The van der Waals surface area contributed by atoms with E-state index in [1.807, 2.05) is 38.1 Å². The predicted octanol–water partition coefficient (Wildman–Crippen LogP) is 3.35. The number of aryl methyl sites for hydroxylation is 2. The van der Waals surface area contributed by atoms with Gasteiger partial charge in [0.25, 0.3) is 0 Å². The number of nitrogens with zero attached hydrogens (tertiary/aromatic N) is 6. The Morgan fingerprint density at radius 3 is 2.64 bits per heavy atom. The molecule has 0 amide bonds. The van der Waals surface area contributed by atoms with E-state index < -0.39 is 0 Å². The lowest BCUT2D eigenvalue weighted by atomic mass is 10.2. The topological polar surface area (TPSA) is 98.6 Å². The van der Waals surface area contributed by atoms with E-state index in [4.69, 9.17) is 11.3 Å². The van der Waals surface area contributed by atoms with Gasteiger partial charge in [0.2, 0.25) is 5.69 Å². The molecule has 0 unspecified atom stereocenters. The zero-order valence-corrected chi connectivity index (χ0v) is 19.2. The number of pyridine rings is 2. The number of hydrogen-bond acceptors (Lipinski definition) is 8. The lowest BCUT2D eigenvalue weighted by Gasteiger charge is -2.33. The van der Waals surface area contributed by atoms with E-state index in [2.05, 4.69) is 52.5 Å². The van der Waals surface area contributed by atoms with Crippen molar-refractivity contribution >= 4 is 29.0 Å². The van der Waals surface area contributed by atoms with E-state index in [0.29, 0.717) is 42.0 Å². The Kier molecular flexibility index (Phi) is 6.90. The van der Waals surface area contributed by atoms with E-state index >= 15 is 0 Å². The van der Waals surface area contributed by atoms with Crippen LogP contribution in [0, 0.1) is 20.4 Å². The molecular formula is C23H29N9O. The zero-order valence-electron chi connectivity index (χ0n) is 19.2. The Hall–Kier alpha value is -3.84. The fourth-order valence-corrected chi connectivity index (χ4v) is 3.63. The molecular weight excluding hydrogens is 418 g/mol. The summed E-state index contributed by atoms with van der Waals surface area (Å²) in [6, 6.07) is 7.68. The summed E-state index contributed by atoms with van der Waals surface area (Å²) >= 11 is 0. The highest BCUT2D eigenvalue weighted by molar-refractivity contribution is 5.73. The summed E-state index contributed by atoms with van der Waals surface area (Å²) in [7, 11) is 2.14. The van der Waals surface area contributed by atoms with Gasteiger partial charge in [0.15, 0.2) is 5.82 Å². The SMILES string of the molecule is [C-]#[N+]c1c(C)cc(Nc2cc(C)[nH]n2)nc1NCCOc1ccc(N2CCN(C)CC2)nc1. The number of hydrogen-bond donors (Lipinski definition) is 3. The number of piperazine rings is 1. The van der Waals surface area contributed by atoms with Crippen molar-refractivity contribution in [2.75, 3.05) is 61.9 Å². The lowest BCUT2D eigenvalue weighted by molar-refractivity contribution is 0.311. The van der Waals surface area contributed by atoms with Crippen LogP contribution in [0.4, 0.5) is 29.0 Å². The van der Waals surface area contributed by atoms with Crippen LogP contribution in [0.5, 0.6) is 5.75 Å². The van der Waals surface area contributed by atoms with Crippen molar-refractivity contribution in [3.8, 4) is 5.75 Å². The Labute approximate surface area is 193 Å². The molecule has 172 valence electrons. The standard InChI is InChI=1S/C23H29N9O/c1-16-13-19(27-20-14-17(2)29-30-20)28-23(22(16)24-3)25-7-12-33-18-5-6-21(26-15-18)32-10-8-31(4)9-11-32/h5-6,13-15H,7-12H2,1-2,4H3,(H3,25,27,28,29,30). The second-order valence-corrected chi connectivity index (χ2v) is 8.11. The van der Waals surface area contributed by atoms with E-state index in [0.717, 1.165) is 43.3 Å². The van der Waals surface area contributed by atoms with Gasteiger partial charge >= 0.3 is 0 Å². The first-order valence-electron chi connectivity index (χ1n) is 11.0. The molecule has 3 aromatic rings. The summed E-state index contributed by atoms with van der Waals surface area (Å²) in [6.07, 6.45) is 1.76. The van der Waals surface area contributed by atoms with Crippen LogP contribution in [0.3, 0.4) is 0 Å². The lowest BCUT2D eigenvalue weighted by Crippen LogP contribution is -2.44. The average molecular weight is 448 g/mol. The van der Waals surface area contributed by atoms with Gasteiger partial charge < -0.3 is 25.2 Å². The number of nitrogens with one attached hydrogen (secondary N) is 3.